The number of halogens is 1. The molecule has 53 heavy (non-hydrogen) atoms. The van der Waals surface area contributed by atoms with Crippen molar-refractivity contribution < 1.29 is 37.8 Å². The lowest BCUT2D eigenvalue weighted by molar-refractivity contribution is -0.146. The molecule has 4 aliphatic heterocycles. The van der Waals surface area contributed by atoms with Crippen molar-refractivity contribution in [1.82, 2.24) is 15.0 Å². The van der Waals surface area contributed by atoms with E-state index in [-0.39, 0.29) is 19.1 Å². The van der Waals surface area contributed by atoms with E-state index in [1.54, 1.807) is 39.8 Å². The number of aryl methyl sites for hydroxylation is 1. The molecule has 4 aliphatic rings. The van der Waals surface area contributed by atoms with Crippen LogP contribution in [0.4, 0.5) is 30.8 Å². The highest BCUT2D eigenvalue weighted by Crippen LogP contribution is 2.60. The van der Waals surface area contributed by atoms with E-state index in [0.29, 0.717) is 66.5 Å². The third-order valence-electron chi connectivity index (χ3n) is 11.0. The Bertz CT molecular complexity index is 2040. The number of hydrogen-bond acceptors (Lipinski definition) is 9. The number of amides is 3. The largest absolute Gasteiger partial charge is 0.447 e. The van der Waals surface area contributed by atoms with Gasteiger partial charge in [-0.05, 0) is 61.0 Å². The number of cyclic esters (lactones) is 2. The molecular formula is C38H41FN6O7Si. The third kappa shape index (κ3) is 6.05. The quantitative estimate of drug-likeness (QED) is 0.161. The van der Waals surface area contributed by atoms with Crippen molar-refractivity contribution in [3.8, 4) is 0 Å². The van der Waals surface area contributed by atoms with Crippen LogP contribution in [0.2, 0.25) is 18.6 Å². The molecule has 1 aromatic heterocycles. The van der Waals surface area contributed by atoms with Crippen molar-refractivity contribution in [2.75, 3.05) is 41.0 Å². The average Bonchev–Trinajstić information content (AvgIpc) is 3.98. The lowest BCUT2D eigenvalue weighted by Crippen LogP contribution is -2.45. The number of aliphatic hydroxyl groups is 1. The number of anilines is 3. The summed E-state index contributed by atoms with van der Waals surface area (Å²) >= 11 is 0. The maximum atomic E-state index is 16.5. The molecule has 0 unspecified atom stereocenters. The number of aromatic nitrogens is 3. The molecule has 1 spiro atoms. The number of hydrogen-bond donors (Lipinski definition) is 1. The first-order chi connectivity index (χ1) is 25.5. The number of ether oxygens (including phenoxy) is 3. The minimum Gasteiger partial charge on any atom is -0.447 e. The second-order valence-corrected chi connectivity index (χ2v) is 18.4. The molecule has 0 bridgehead atoms. The van der Waals surface area contributed by atoms with Crippen LogP contribution in [-0.4, -0.2) is 79.0 Å². The number of fused-ring (bicyclic) bond motifs is 2. The Morgan fingerprint density at radius 2 is 1.60 bits per heavy atom. The van der Waals surface area contributed by atoms with E-state index in [1.165, 1.54) is 4.90 Å². The number of carbonyl (C=O) groups is 3. The summed E-state index contributed by atoms with van der Waals surface area (Å²) in [5, 5.41) is 19.3. The fourth-order valence-corrected chi connectivity index (χ4v) is 11.0. The van der Waals surface area contributed by atoms with Crippen molar-refractivity contribution in [3.05, 3.63) is 101 Å². The molecule has 1 N–H and O–H groups in total. The highest BCUT2D eigenvalue weighted by Gasteiger charge is 2.66. The van der Waals surface area contributed by atoms with Gasteiger partial charge in [0.15, 0.2) is 5.60 Å². The van der Waals surface area contributed by atoms with Gasteiger partial charge in [-0.15, -0.1) is 5.10 Å². The lowest BCUT2D eigenvalue weighted by Gasteiger charge is -2.31. The van der Waals surface area contributed by atoms with Crippen molar-refractivity contribution in [2.45, 2.75) is 62.9 Å². The molecule has 5 heterocycles. The third-order valence-corrected chi connectivity index (χ3v) is 13.4. The van der Waals surface area contributed by atoms with Crippen molar-refractivity contribution in [3.63, 3.8) is 0 Å². The molecule has 0 saturated carbocycles. The van der Waals surface area contributed by atoms with Gasteiger partial charge in [0.1, 0.15) is 25.0 Å². The first-order valence-electron chi connectivity index (χ1n) is 17.9. The van der Waals surface area contributed by atoms with Crippen molar-refractivity contribution in [1.29, 1.82) is 0 Å². The molecule has 15 heteroatoms. The summed E-state index contributed by atoms with van der Waals surface area (Å²) in [5.74, 6) is -0.848. The van der Waals surface area contributed by atoms with E-state index in [4.69, 9.17) is 14.2 Å². The Labute approximate surface area is 307 Å². The van der Waals surface area contributed by atoms with Crippen molar-refractivity contribution >= 4 is 43.6 Å². The van der Waals surface area contributed by atoms with Crippen LogP contribution in [0.25, 0.3) is 0 Å². The summed E-state index contributed by atoms with van der Waals surface area (Å²) in [6.07, 6.45) is -0.432. The van der Waals surface area contributed by atoms with E-state index in [0.717, 1.165) is 5.56 Å². The molecule has 3 aromatic carbocycles. The number of rotatable bonds is 10. The first-order valence-corrected chi connectivity index (χ1v) is 20.8. The zero-order chi connectivity index (χ0) is 37.1. The SMILES string of the molecule is C[C@@H]1[C@@H]([Si](C)(C)F)[C@H](CCn2cc([C@H](O)c3ccccc3)nn2)O[C@@]12C(=O)N(Cc1ccc(N3CCOC3=O)cc1)c1ccc(N3CCOC3=O)cc12. The molecule has 3 amide bonds. The van der Waals surface area contributed by atoms with Gasteiger partial charge in [0, 0.05) is 34.9 Å². The Balaban J connectivity index is 1.11. The summed E-state index contributed by atoms with van der Waals surface area (Å²) < 4.78 is 35.4. The van der Waals surface area contributed by atoms with Gasteiger partial charge < -0.3 is 28.3 Å². The zero-order valence-corrected chi connectivity index (χ0v) is 30.7. The normalized spacial score (nSPS) is 24.7. The number of benzene rings is 3. The molecule has 276 valence electrons. The van der Waals surface area contributed by atoms with E-state index in [2.05, 4.69) is 10.3 Å². The Morgan fingerprint density at radius 1 is 0.943 bits per heavy atom. The Morgan fingerprint density at radius 3 is 2.25 bits per heavy atom. The highest BCUT2D eigenvalue weighted by atomic mass is 28.4. The molecule has 8 rings (SSSR count). The van der Waals surface area contributed by atoms with Crippen LogP contribution in [0.15, 0.2) is 79.0 Å². The molecular weight excluding hydrogens is 700 g/mol. The molecule has 0 aliphatic carbocycles. The first kappa shape index (κ1) is 34.9. The molecule has 4 aromatic rings. The van der Waals surface area contributed by atoms with Gasteiger partial charge in [0.2, 0.25) is 8.41 Å². The standard InChI is InChI=1S/C38H41FN6O7Si/c1-24-34(53(2,3)39)32(15-16-42-23-30(40-41-42)33(46)26-7-5-4-6-8-26)52-38(24)29-21-28(44-18-20-51-37(44)49)13-14-31(29)45(35(38)47)22-25-9-11-27(12-10-25)43-17-19-50-36(43)48/h4-14,21,23-24,32-34,46H,15-20,22H2,1-3H3/t24-,32+,33-,34-,38+/m1/s1. The van der Waals surface area contributed by atoms with E-state index in [9.17, 15) is 19.5 Å². The smallest absolute Gasteiger partial charge is 0.414 e. The summed E-state index contributed by atoms with van der Waals surface area (Å²) in [6.45, 7) is 7.14. The van der Waals surface area contributed by atoms with Crippen LogP contribution < -0.4 is 14.7 Å². The van der Waals surface area contributed by atoms with Gasteiger partial charge in [-0.1, -0.05) is 54.6 Å². The van der Waals surface area contributed by atoms with Crippen LogP contribution in [0.1, 0.15) is 41.8 Å². The van der Waals surface area contributed by atoms with E-state index < -0.39 is 49.9 Å². The molecule has 5 atom stereocenters. The van der Waals surface area contributed by atoms with E-state index in [1.807, 2.05) is 73.7 Å². The zero-order valence-electron chi connectivity index (χ0n) is 29.7. The van der Waals surface area contributed by atoms with Gasteiger partial charge in [-0.3, -0.25) is 19.3 Å². The highest BCUT2D eigenvalue weighted by molar-refractivity contribution is 6.72. The lowest BCUT2D eigenvalue weighted by atomic mass is 9.82. The summed E-state index contributed by atoms with van der Waals surface area (Å²) in [7, 11) is -3.47. The number of aliphatic hydroxyl groups excluding tert-OH is 1. The van der Waals surface area contributed by atoms with Crippen LogP contribution in [0, 0.1) is 5.92 Å². The van der Waals surface area contributed by atoms with Crippen LogP contribution in [-0.2, 0) is 37.7 Å². The number of nitrogens with zero attached hydrogens (tertiary/aromatic N) is 6. The van der Waals surface area contributed by atoms with Gasteiger partial charge in [0.05, 0.1) is 37.6 Å². The molecule has 0 radical (unpaired) electrons. The summed E-state index contributed by atoms with van der Waals surface area (Å²) in [5.41, 5.74) is 2.31. The molecule has 13 nitrogen and oxygen atoms in total. The van der Waals surface area contributed by atoms with Crippen LogP contribution in [0.3, 0.4) is 0 Å². The minimum absolute atomic E-state index is 0.205. The van der Waals surface area contributed by atoms with Crippen LogP contribution >= 0.6 is 0 Å². The maximum absolute atomic E-state index is 16.5. The second kappa shape index (κ2) is 13.4. The second-order valence-electron chi connectivity index (χ2n) is 14.6. The summed E-state index contributed by atoms with van der Waals surface area (Å²) in [6, 6.07) is 22.0. The molecule has 3 fully saturated rings. The predicted octanol–water partition coefficient (Wildman–Crippen LogP) is 5.69. The van der Waals surface area contributed by atoms with Gasteiger partial charge >= 0.3 is 12.2 Å². The predicted molar refractivity (Wildman–Crippen MR) is 195 cm³/mol. The van der Waals surface area contributed by atoms with Gasteiger partial charge in [-0.2, -0.15) is 0 Å². The fourth-order valence-electron chi connectivity index (χ4n) is 8.46. The molecule has 3 saturated heterocycles. The monoisotopic (exact) mass is 740 g/mol. The fraction of sp³-hybridized carbons (Fsp3) is 0.395. The van der Waals surface area contributed by atoms with Crippen molar-refractivity contribution in [2.24, 2.45) is 5.92 Å². The van der Waals surface area contributed by atoms with Gasteiger partial charge in [0.25, 0.3) is 5.91 Å². The average molecular weight is 741 g/mol. The van der Waals surface area contributed by atoms with Crippen LogP contribution in [0.5, 0.6) is 0 Å². The Hall–Kier alpha value is -5.12. The number of carbonyl (C=O) groups excluding carboxylic acids is 3. The van der Waals surface area contributed by atoms with E-state index >= 15 is 4.11 Å². The Kier molecular flexibility index (Phi) is 8.82. The minimum atomic E-state index is -3.47. The maximum Gasteiger partial charge on any atom is 0.414 e. The topological polar surface area (TPSA) is 140 Å². The summed E-state index contributed by atoms with van der Waals surface area (Å²) in [4.78, 5) is 44.5. The van der Waals surface area contributed by atoms with Gasteiger partial charge in [-0.25, -0.2) is 9.59 Å².